The van der Waals surface area contributed by atoms with E-state index >= 15 is 0 Å². The molecule has 0 aliphatic heterocycles. The van der Waals surface area contributed by atoms with Gasteiger partial charge in [0, 0.05) is 13.1 Å². The molecule has 0 aliphatic carbocycles. The fourth-order valence-corrected chi connectivity index (χ4v) is 2.79. The maximum Gasteiger partial charge on any atom is 0.261 e. The van der Waals surface area contributed by atoms with Gasteiger partial charge >= 0.3 is 0 Å². The van der Waals surface area contributed by atoms with Crippen LogP contribution in [0.3, 0.4) is 0 Å². The van der Waals surface area contributed by atoms with Crippen molar-refractivity contribution in [2.75, 3.05) is 13.2 Å². The highest BCUT2D eigenvalue weighted by Gasteiger charge is 2.26. The smallest absolute Gasteiger partial charge is 0.261 e. The second-order valence-electron chi connectivity index (χ2n) is 7.92. The van der Waals surface area contributed by atoms with E-state index < -0.39 is 6.04 Å². The molecule has 0 fully saturated rings. The van der Waals surface area contributed by atoms with Gasteiger partial charge in [0.1, 0.15) is 11.8 Å². The standard InChI is InChI=1S/C24H32N2O3/c1-17(2)14-25-24(28)20(5)26(15-21-10-6-18(3)7-11-21)23(27)16-29-22-12-8-19(4)9-13-22/h6-13,17,20H,14-16H2,1-5H3,(H,25,28)/t20-/m1/s1. The lowest BCUT2D eigenvalue weighted by atomic mass is 10.1. The van der Waals surface area contributed by atoms with Crippen molar-refractivity contribution in [3.8, 4) is 5.75 Å². The third-order valence-corrected chi connectivity index (χ3v) is 4.71. The summed E-state index contributed by atoms with van der Waals surface area (Å²) in [5.74, 6) is 0.598. The molecule has 2 aromatic carbocycles. The summed E-state index contributed by atoms with van der Waals surface area (Å²) in [5.41, 5.74) is 3.25. The van der Waals surface area contributed by atoms with E-state index in [1.807, 2.05) is 76.2 Å². The largest absolute Gasteiger partial charge is 0.484 e. The van der Waals surface area contributed by atoms with Crippen LogP contribution in [-0.2, 0) is 16.1 Å². The lowest BCUT2D eigenvalue weighted by molar-refractivity contribution is -0.142. The van der Waals surface area contributed by atoms with Gasteiger partial charge in [-0.1, -0.05) is 61.4 Å². The molecule has 0 aromatic heterocycles. The Hall–Kier alpha value is -2.82. The number of carbonyl (C=O) groups excluding carboxylic acids is 2. The first-order valence-electron chi connectivity index (χ1n) is 10.1. The highest BCUT2D eigenvalue weighted by atomic mass is 16.5. The molecule has 2 amide bonds. The van der Waals surface area contributed by atoms with Crippen LogP contribution in [-0.4, -0.2) is 35.9 Å². The number of hydrogen-bond acceptors (Lipinski definition) is 3. The number of nitrogens with zero attached hydrogens (tertiary/aromatic N) is 1. The molecular formula is C24H32N2O3. The Labute approximate surface area is 174 Å². The van der Waals surface area contributed by atoms with Crippen LogP contribution >= 0.6 is 0 Å². The number of amides is 2. The van der Waals surface area contributed by atoms with Crippen molar-refractivity contribution in [1.82, 2.24) is 10.2 Å². The van der Waals surface area contributed by atoms with Crippen LogP contribution in [0.1, 0.15) is 37.5 Å². The van der Waals surface area contributed by atoms with Gasteiger partial charge < -0.3 is 15.0 Å². The van der Waals surface area contributed by atoms with Crippen LogP contribution in [0.5, 0.6) is 5.75 Å². The topological polar surface area (TPSA) is 58.6 Å². The van der Waals surface area contributed by atoms with Crippen LogP contribution in [0.15, 0.2) is 48.5 Å². The molecule has 5 nitrogen and oxygen atoms in total. The van der Waals surface area contributed by atoms with Gasteiger partial charge in [-0.25, -0.2) is 0 Å². The lowest BCUT2D eigenvalue weighted by Crippen LogP contribution is -2.49. The van der Waals surface area contributed by atoms with Crippen molar-refractivity contribution in [2.45, 2.75) is 47.2 Å². The number of hydrogen-bond donors (Lipinski definition) is 1. The summed E-state index contributed by atoms with van der Waals surface area (Å²) in [6.07, 6.45) is 0. The third-order valence-electron chi connectivity index (χ3n) is 4.71. The molecule has 29 heavy (non-hydrogen) atoms. The number of benzene rings is 2. The Morgan fingerprint density at radius 2 is 1.48 bits per heavy atom. The average Bonchev–Trinajstić information content (AvgIpc) is 2.70. The molecule has 0 heterocycles. The van der Waals surface area contributed by atoms with E-state index in [-0.39, 0.29) is 18.4 Å². The van der Waals surface area contributed by atoms with Gasteiger partial charge in [0.15, 0.2) is 6.61 Å². The maximum atomic E-state index is 13.0. The van der Waals surface area contributed by atoms with Crippen molar-refractivity contribution in [1.29, 1.82) is 0 Å². The molecule has 0 spiro atoms. The van der Waals surface area contributed by atoms with Crippen molar-refractivity contribution >= 4 is 11.8 Å². The molecule has 2 rings (SSSR count). The van der Waals surface area contributed by atoms with Gasteiger partial charge in [0.2, 0.25) is 5.91 Å². The van der Waals surface area contributed by atoms with Crippen LogP contribution < -0.4 is 10.1 Å². The van der Waals surface area contributed by atoms with Gasteiger partial charge in [-0.3, -0.25) is 9.59 Å². The lowest BCUT2D eigenvalue weighted by Gasteiger charge is -2.29. The van der Waals surface area contributed by atoms with Gasteiger partial charge in [-0.05, 0) is 44.4 Å². The van der Waals surface area contributed by atoms with E-state index in [1.165, 1.54) is 0 Å². The average molecular weight is 397 g/mol. The van der Waals surface area contributed by atoms with Crippen molar-refractivity contribution < 1.29 is 14.3 Å². The molecule has 1 atom stereocenters. The minimum Gasteiger partial charge on any atom is -0.484 e. The van der Waals surface area contributed by atoms with Crippen LogP contribution in [0.25, 0.3) is 0 Å². The Bertz CT molecular complexity index is 798. The molecule has 0 saturated heterocycles. The molecule has 2 aromatic rings. The van der Waals surface area contributed by atoms with Crippen LogP contribution in [0.4, 0.5) is 0 Å². The predicted octanol–water partition coefficient (Wildman–Crippen LogP) is 3.87. The normalized spacial score (nSPS) is 11.8. The van der Waals surface area contributed by atoms with E-state index in [0.717, 1.165) is 16.7 Å². The molecule has 0 saturated carbocycles. The van der Waals surface area contributed by atoms with E-state index in [0.29, 0.717) is 24.8 Å². The van der Waals surface area contributed by atoms with Crippen LogP contribution in [0, 0.1) is 19.8 Å². The monoisotopic (exact) mass is 396 g/mol. The second kappa shape index (κ2) is 10.6. The van der Waals surface area contributed by atoms with Crippen molar-refractivity contribution in [3.63, 3.8) is 0 Å². The summed E-state index contributed by atoms with van der Waals surface area (Å²) >= 11 is 0. The quantitative estimate of drug-likeness (QED) is 0.700. The first kappa shape index (κ1) is 22.5. The second-order valence-corrected chi connectivity index (χ2v) is 7.92. The fourth-order valence-electron chi connectivity index (χ4n) is 2.79. The number of carbonyl (C=O) groups is 2. The zero-order valence-electron chi connectivity index (χ0n) is 18.1. The summed E-state index contributed by atoms with van der Waals surface area (Å²) in [5, 5.41) is 2.92. The van der Waals surface area contributed by atoms with Gasteiger partial charge in [0.05, 0.1) is 0 Å². The van der Waals surface area contributed by atoms with E-state index in [1.54, 1.807) is 11.8 Å². The Kier molecular flexibility index (Phi) is 8.25. The predicted molar refractivity (Wildman–Crippen MR) is 116 cm³/mol. The minimum atomic E-state index is -0.593. The Morgan fingerprint density at radius 1 is 0.931 bits per heavy atom. The summed E-state index contributed by atoms with van der Waals surface area (Å²) in [6.45, 7) is 10.7. The number of ether oxygens (including phenoxy) is 1. The molecule has 0 aliphatic rings. The third kappa shape index (κ3) is 7.26. The van der Waals surface area contributed by atoms with Crippen LogP contribution in [0.2, 0.25) is 0 Å². The molecule has 156 valence electrons. The molecule has 5 heteroatoms. The fraction of sp³-hybridized carbons (Fsp3) is 0.417. The van der Waals surface area contributed by atoms with Crippen molar-refractivity contribution in [3.05, 3.63) is 65.2 Å². The maximum absolute atomic E-state index is 13.0. The summed E-state index contributed by atoms with van der Waals surface area (Å²) in [7, 11) is 0. The summed E-state index contributed by atoms with van der Waals surface area (Å²) < 4.78 is 5.67. The first-order chi connectivity index (χ1) is 13.8. The summed E-state index contributed by atoms with van der Waals surface area (Å²) in [4.78, 5) is 27.1. The molecular weight excluding hydrogens is 364 g/mol. The van der Waals surface area contributed by atoms with Gasteiger partial charge in [-0.2, -0.15) is 0 Å². The van der Waals surface area contributed by atoms with Gasteiger partial charge in [-0.15, -0.1) is 0 Å². The SMILES string of the molecule is Cc1ccc(CN(C(=O)COc2ccc(C)cc2)[C@H](C)C(=O)NCC(C)C)cc1. The Morgan fingerprint density at radius 3 is 2.03 bits per heavy atom. The number of rotatable bonds is 9. The van der Waals surface area contributed by atoms with Gasteiger partial charge in [0.25, 0.3) is 5.91 Å². The highest BCUT2D eigenvalue weighted by Crippen LogP contribution is 2.14. The number of nitrogens with one attached hydrogen (secondary N) is 1. The van der Waals surface area contributed by atoms with Crippen molar-refractivity contribution in [2.24, 2.45) is 5.92 Å². The summed E-state index contributed by atoms with van der Waals surface area (Å²) in [6, 6.07) is 14.9. The molecule has 1 N–H and O–H groups in total. The Balaban J connectivity index is 2.10. The van der Waals surface area contributed by atoms with E-state index in [2.05, 4.69) is 5.32 Å². The minimum absolute atomic E-state index is 0.114. The number of aryl methyl sites for hydroxylation is 2. The molecule has 0 bridgehead atoms. The molecule has 0 unspecified atom stereocenters. The van der Waals surface area contributed by atoms with E-state index in [4.69, 9.17) is 4.74 Å². The zero-order valence-corrected chi connectivity index (χ0v) is 18.1. The zero-order chi connectivity index (χ0) is 21.4. The molecule has 0 radical (unpaired) electrons. The highest BCUT2D eigenvalue weighted by molar-refractivity contribution is 5.87. The first-order valence-corrected chi connectivity index (χ1v) is 10.1. The van der Waals surface area contributed by atoms with E-state index in [9.17, 15) is 9.59 Å².